The highest BCUT2D eigenvalue weighted by Crippen LogP contribution is 2.19. The molecule has 0 spiro atoms. The molecular formula is C20H29N5O2. The van der Waals surface area contributed by atoms with Crippen LogP contribution in [0.4, 0.5) is 5.82 Å². The van der Waals surface area contributed by atoms with Gasteiger partial charge in [0.15, 0.2) is 0 Å². The number of hydrogen-bond acceptors (Lipinski definition) is 5. The van der Waals surface area contributed by atoms with Gasteiger partial charge in [-0.3, -0.25) is 4.79 Å². The van der Waals surface area contributed by atoms with Crippen molar-refractivity contribution in [3.8, 4) is 0 Å². The minimum atomic E-state index is 0.0616. The lowest BCUT2D eigenvalue weighted by molar-refractivity contribution is 0.0570. The second-order valence-corrected chi connectivity index (χ2v) is 7.21. The van der Waals surface area contributed by atoms with E-state index in [1.165, 1.54) is 0 Å². The van der Waals surface area contributed by atoms with Crippen molar-refractivity contribution < 1.29 is 9.53 Å². The zero-order chi connectivity index (χ0) is 19.2. The lowest BCUT2D eigenvalue weighted by atomic mass is 9.98. The van der Waals surface area contributed by atoms with Crippen LogP contribution in [0.2, 0.25) is 0 Å². The van der Waals surface area contributed by atoms with Crippen LogP contribution < -0.4 is 4.90 Å². The van der Waals surface area contributed by atoms with Gasteiger partial charge in [-0.25, -0.2) is 9.97 Å². The summed E-state index contributed by atoms with van der Waals surface area (Å²) < 4.78 is 7.37. The molecule has 1 atom stereocenters. The van der Waals surface area contributed by atoms with E-state index in [1.54, 1.807) is 13.3 Å². The van der Waals surface area contributed by atoms with E-state index in [1.807, 2.05) is 43.4 Å². The number of aryl methyl sites for hydroxylation is 1. The molecule has 1 aliphatic heterocycles. The van der Waals surface area contributed by atoms with Crippen molar-refractivity contribution in [1.82, 2.24) is 19.4 Å². The van der Waals surface area contributed by atoms with Gasteiger partial charge >= 0.3 is 0 Å². The van der Waals surface area contributed by atoms with Gasteiger partial charge < -0.3 is 19.1 Å². The molecule has 0 radical (unpaired) electrons. The Bertz CT molecular complexity index is 741. The molecule has 1 amide bonds. The molecule has 146 valence electrons. The Morgan fingerprint density at radius 1 is 1.37 bits per heavy atom. The van der Waals surface area contributed by atoms with Gasteiger partial charge in [-0.05, 0) is 37.8 Å². The van der Waals surface area contributed by atoms with Gasteiger partial charge in [-0.15, -0.1) is 0 Å². The summed E-state index contributed by atoms with van der Waals surface area (Å²) in [4.78, 5) is 25.5. The molecular weight excluding hydrogens is 342 g/mol. The standard InChI is InChI=1S/C20H29N5O2/c1-16-21-8-10-24(16)12-11-23(2)19-7-6-18(13-22-19)20(26)25-9-4-5-17(14-25)15-27-3/h6-8,10,13,17H,4-5,9,11-12,14-15H2,1-3H3. The van der Waals surface area contributed by atoms with E-state index >= 15 is 0 Å². The summed E-state index contributed by atoms with van der Waals surface area (Å²) in [6.45, 7) is 5.95. The molecule has 1 fully saturated rings. The minimum absolute atomic E-state index is 0.0616. The highest BCUT2D eigenvalue weighted by Gasteiger charge is 2.24. The third-order valence-electron chi connectivity index (χ3n) is 5.19. The van der Waals surface area contributed by atoms with Crippen LogP contribution >= 0.6 is 0 Å². The van der Waals surface area contributed by atoms with Crippen LogP contribution in [0.5, 0.6) is 0 Å². The molecule has 1 aliphatic rings. The molecule has 7 nitrogen and oxygen atoms in total. The Kier molecular flexibility index (Phi) is 6.45. The maximum absolute atomic E-state index is 12.8. The molecule has 1 unspecified atom stereocenters. The molecule has 27 heavy (non-hydrogen) atoms. The number of imidazole rings is 1. The number of carbonyl (C=O) groups is 1. The van der Waals surface area contributed by atoms with Crippen molar-refractivity contribution in [2.75, 3.05) is 45.3 Å². The normalized spacial score (nSPS) is 17.1. The summed E-state index contributed by atoms with van der Waals surface area (Å²) >= 11 is 0. The van der Waals surface area contributed by atoms with Crippen molar-refractivity contribution in [2.45, 2.75) is 26.3 Å². The summed E-state index contributed by atoms with van der Waals surface area (Å²) in [5, 5.41) is 0. The lowest BCUT2D eigenvalue weighted by Crippen LogP contribution is -2.41. The fourth-order valence-electron chi connectivity index (χ4n) is 3.55. The van der Waals surface area contributed by atoms with Crippen molar-refractivity contribution in [1.29, 1.82) is 0 Å². The maximum Gasteiger partial charge on any atom is 0.255 e. The number of likely N-dealkylation sites (tertiary alicyclic amines) is 1. The predicted octanol–water partition coefficient (Wildman–Crippen LogP) is 2.22. The minimum Gasteiger partial charge on any atom is -0.384 e. The summed E-state index contributed by atoms with van der Waals surface area (Å²) in [6, 6.07) is 3.80. The van der Waals surface area contributed by atoms with Crippen LogP contribution in [0, 0.1) is 12.8 Å². The average molecular weight is 371 g/mol. The highest BCUT2D eigenvalue weighted by atomic mass is 16.5. The number of aromatic nitrogens is 3. The molecule has 3 rings (SSSR count). The number of amides is 1. The largest absolute Gasteiger partial charge is 0.384 e. The first-order valence-electron chi connectivity index (χ1n) is 9.51. The highest BCUT2D eigenvalue weighted by molar-refractivity contribution is 5.94. The van der Waals surface area contributed by atoms with Crippen LogP contribution in [0.25, 0.3) is 0 Å². The predicted molar refractivity (Wildman–Crippen MR) is 105 cm³/mol. The zero-order valence-corrected chi connectivity index (χ0v) is 16.5. The molecule has 3 heterocycles. The van der Waals surface area contributed by atoms with Crippen molar-refractivity contribution in [2.24, 2.45) is 5.92 Å². The second-order valence-electron chi connectivity index (χ2n) is 7.21. The van der Waals surface area contributed by atoms with Crippen molar-refractivity contribution in [3.63, 3.8) is 0 Å². The van der Waals surface area contributed by atoms with Gasteiger partial charge in [-0.2, -0.15) is 0 Å². The van der Waals surface area contributed by atoms with E-state index < -0.39 is 0 Å². The van der Waals surface area contributed by atoms with Gasteiger partial charge in [0, 0.05) is 58.9 Å². The van der Waals surface area contributed by atoms with Crippen LogP contribution in [-0.2, 0) is 11.3 Å². The topological polar surface area (TPSA) is 63.5 Å². The Labute approximate surface area is 161 Å². The van der Waals surface area contributed by atoms with Crippen LogP contribution in [-0.4, -0.2) is 65.7 Å². The molecule has 0 aliphatic carbocycles. The molecule has 2 aromatic heterocycles. The summed E-state index contributed by atoms with van der Waals surface area (Å²) in [5.41, 5.74) is 0.649. The smallest absolute Gasteiger partial charge is 0.255 e. The number of rotatable bonds is 7. The molecule has 7 heteroatoms. The Balaban J connectivity index is 1.57. The number of ether oxygens (including phenoxy) is 1. The third-order valence-corrected chi connectivity index (χ3v) is 5.19. The van der Waals surface area contributed by atoms with E-state index in [2.05, 4.69) is 19.4 Å². The quantitative estimate of drug-likeness (QED) is 0.747. The fraction of sp³-hybridized carbons (Fsp3) is 0.550. The van der Waals surface area contributed by atoms with E-state index in [-0.39, 0.29) is 5.91 Å². The maximum atomic E-state index is 12.8. The van der Waals surface area contributed by atoms with Crippen LogP contribution in [0.15, 0.2) is 30.7 Å². The number of pyridine rings is 1. The summed E-state index contributed by atoms with van der Waals surface area (Å²) in [6.07, 6.45) is 7.63. The molecule has 0 bridgehead atoms. The molecule has 0 saturated carbocycles. The number of anilines is 1. The SMILES string of the molecule is COCC1CCCN(C(=O)c2ccc(N(C)CCn3ccnc3C)nc2)C1. The van der Waals surface area contributed by atoms with E-state index in [0.29, 0.717) is 18.1 Å². The average Bonchev–Trinajstić information content (AvgIpc) is 3.11. The number of likely N-dealkylation sites (N-methyl/N-ethyl adjacent to an activating group) is 1. The summed E-state index contributed by atoms with van der Waals surface area (Å²) in [5.74, 6) is 2.36. The molecule has 0 aromatic carbocycles. The van der Waals surface area contributed by atoms with E-state index in [4.69, 9.17) is 4.74 Å². The van der Waals surface area contributed by atoms with Crippen LogP contribution in [0.3, 0.4) is 0 Å². The zero-order valence-electron chi connectivity index (χ0n) is 16.5. The van der Waals surface area contributed by atoms with Gasteiger partial charge in [0.25, 0.3) is 5.91 Å². The van der Waals surface area contributed by atoms with Gasteiger partial charge in [0.2, 0.25) is 0 Å². The Hall–Kier alpha value is -2.41. The first-order chi connectivity index (χ1) is 13.1. The van der Waals surface area contributed by atoms with E-state index in [0.717, 1.165) is 50.7 Å². The lowest BCUT2D eigenvalue weighted by Gasteiger charge is -2.32. The fourth-order valence-corrected chi connectivity index (χ4v) is 3.55. The van der Waals surface area contributed by atoms with Crippen molar-refractivity contribution >= 4 is 11.7 Å². The van der Waals surface area contributed by atoms with E-state index in [9.17, 15) is 4.79 Å². The van der Waals surface area contributed by atoms with Gasteiger partial charge in [-0.1, -0.05) is 0 Å². The molecule has 0 N–H and O–H groups in total. The van der Waals surface area contributed by atoms with Gasteiger partial charge in [0.05, 0.1) is 12.2 Å². The number of nitrogens with zero attached hydrogens (tertiary/aromatic N) is 5. The molecule has 2 aromatic rings. The number of carbonyl (C=O) groups excluding carboxylic acids is 1. The molecule has 1 saturated heterocycles. The van der Waals surface area contributed by atoms with Crippen molar-refractivity contribution in [3.05, 3.63) is 42.1 Å². The first-order valence-corrected chi connectivity index (χ1v) is 9.51. The number of hydrogen-bond donors (Lipinski definition) is 0. The Morgan fingerprint density at radius 2 is 2.22 bits per heavy atom. The van der Waals surface area contributed by atoms with Crippen LogP contribution in [0.1, 0.15) is 29.0 Å². The second kappa shape index (κ2) is 8.99. The third kappa shape index (κ3) is 4.86. The Morgan fingerprint density at radius 3 is 2.89 bits per heavy atom. The summed E-state index contributed by atoms with van der Waals surface area (Å²) in [7, 11) is 3.73. The number of methoxy groups -OCH3 is 1. The van der Waals surface area contributed by atoms with Gasteiger partial charge in [0.1, 0.15) is 11.6 Å². The monoisotopic (exact) mass is 371 g/mol. The number of piperidine rings is 1. The first kappa shape index (κ1) is 19.4.